The van der Waals surface area contributed by atoms with E-state index in [1.54, 1.807) is 12.3 Å². The average Bonchev–Trinajstić information content (AvgIpc) is 2.96. The molecule has 4 atom stereocenters. The highest BCUT2D eigenvalue weighted by molar-refractivity contribution is 5.67. The molecule has 0 unspecified atom stereocenters. The maximum atomic E-state index is 10.0. The molecule has 0 aliphatic carbocycles. The van der Waals surface area contributed by atoms with Gasteiger partial charge in [-0.15, -0.1) is 0 Å². The molecule has 1 aromatic carbocycles. The third kappa shape index (κ3) is 2.57. The number of nitrogens with zero attached hydrogens (tertiary/aromatic N) is 2. The molecule has 6 heteroatoms. The van der Waals surface area contributed by atoms with Gasteiger partial charge in [0.05, 0.1) is 18.3 Å². The first-order valence-corrected chi connectivity index (χ1v) is 7.09. The van der Waals surface area contributed by atoms with E-state index in [4.69, 9.17) is 0 Å². The van der Waals surface area contributed by atoms with Gasteiger partial charge in [-0.1, -0.05) is 36.4 Å². The van der Waals surface area contributed by atoms with Crippen molar-refractivity contribution < 1.29 is 20.4 Å². The Morgan fingerprint density at radius 2 is 1.77 bits per heavy atom. The molecule has 2 aromatic rings. The van der Waals surface area contributed by atoms with Crippen LogP contribution in [-0.4, -0.2) is 48.8 Å². The highest BCUT2D eigenvalue weighted by Crippen LogP contribution is 2.32. The number of fused-ring (bicyclic) bond motifs is 1. The Bertz CT molecular complexity index is 668. The highest BCUT2D eigenvalue weighted by Gasteiger charge is 2.41. The van der Waals surface area contributed by atoms with Gasteiger partial charge in [-0.3, -0.25) is 0 Å². The largest absolute Gasteiger partial charge is 0.394 e. The third-order valence-electron chi connectivity index (χ3n) is 3.90. The molecule has 1 aromatic heterocycles. The molecule has 0 amide bonds. The van der Waals surface area contributed by atoms with Gasteiger partial charge < -0.3 is 25.0 Å². The van der Waals surface area contributed by atoms with Gasteiger partial charge in [0.15, 0.2) is 0 Å². The molecular weight excluding hydrogens is 284 g/mol. The van der Waals surface area contributed by atoms with Gasteiger partial charge in [-0.25, -0.2) is 4.98 Å². The number of benzene rings is 1. The minimum atomic E-state index is -1.36. The van der Waals surface area contributed by atoms with E-state index in [1.165, 1.54) is 4.57 Å². The zero-order valence-electron chi connectivity index (χ0n) is 11.8. The van der Waals surface area contributed by atoms with Crippen molar-refractivity contribution in [3.63, 3.8) is 0 Å². The monoisotopic (exact) mass is 302 g/mol. The Labute approximate surface area is 127 Å². The van der Waals surface area contributed by atoms with Crippen molar-refractivity contribution in [1.82, 2.24) is 9.55 Å². The maximum absolute atomic E-state index is 10.0. The maximum Gasteiger partial charge on any atom is 0.141 e. The van der Waals surface area contributed by atoms with E-state index in [-0.39, 0.29) is 12.4 Å². The summed E-state index contributed by atoms with van der Waals surface area (Å²) < 4.78 is 1.52. The van der Waals surface area contributed by atoms with Gasteiger partial charge in [0.2, 0.25) is 0 Å². The number of hydrogen-bond acceptors (Lipinski definition) is 5. The SMILES string of the molecule is OC[C@@H]1[C@@H](O)[C@H](O)[C@@H](O)c2nc(/C=C/c3ccccc3)cn21. The van der Waals surface area contributed by atoms with Crippen LogP contribution in [0.25, 0.3) is 12.2 Å². The van der Waals surface area contributed by atoms with Crippen LogP contribution in [0.4, 0.5) is 0 Å². The fourth-order valence-corrected chi connectivity index (χ4v) is 2.67. The Hall–Kier alpha value is -1.99. The number of aromatic nitrogens is 2. The van der Waals surface area contributed by atoms with E-state index in [0.717, 1.165) is 5.56 Å². The van der Waals surface area contributed by atoms with Gasteiger partial charge in [0.1, 0.15) is 24.1 Å². The van der Waals surface area contributed by atoms with E-state index in [1.807, 2.05) is 36.4 Å². The number of aliphatic hydroxyl groups is 4. The predicted octanol–water partition coefficient (Wildman–Crippen LogP) is 0.356. The summed E-state index contributed by atoms with van der Waals surface area (Å²) in [7, 11) is 0. The van der Waals surface area contributed by atoms with Crippen LogP contribution in [-0.2, 0) is 0 Å². The fraction of sp³-hybridized carbons (Fsp3) is 0.312. The van der Waals surface area contributed by atoms with Crippen molar-refractivity contribution in [3.05, 3.63) is 53.6 Å². The van der Waals surface area contributed by atoms with Gasteiger partial charge in [-0.05, 0) is 11.6 Å². The van der Waals surface area contributed by atoms with Crippen molar-refractivity contribution in [2.24, 2.45) is 0 Å². The zero-order chi connectivity index (χ0) is 15.7. The van der Waals surface area contributed by atoms with Crippen LogP contribution in [0.5, 0.6) is 0 Å². The lowest BCUT2D eigenvalue weighted by Crippen LogP contribution is -2.46. The Balaban J connectivity index is 1.92. The van der Waals surface area contributed by atoms with E-state index < -0.39 is 24.4 Å². The minimum absolute atomic E-state index is 0.240. The van der Waals surface area contributed by atoms with Crippen LogP contribution in [0.1, 0.15) is 29.2 Å². The van der Waals surface area contributed by atoms with Gasteiger partial charge in [0.25, 0.3) is 0 Å². The van der Waals surface area contributed by atoms with Crippen LogP contribution < -0.4 is 0 Å². The van der Waals surface area contributed by atoms with Crippen molar-refractivity contribution in [1.29, 1.82) is 0 Å². The van der Waals surface area contributed by atoms with E-state index >= 15 is 0 Å². The first-order chi connectivity index (χ1) is 10.6. The molecule has 22 heavy (non-hydrogen) atoms. The average molecular weight is 302 g/mol. The summed E-state index contributed by atoms with van der Waals surface area (Å²) in [6.45, 7) is -0.351. The smallest absolute Gasteiger partial charge is 0.141 e. The van der Waals surface area contributed by atoms with Gasteiger partial charge in [-0.2, -0.15) is 0 Å². The zero-order valence-corrected chi connectivity index (χ0v) is 11.8. The van der Waals surface area contributed by atoms with Crippen LogP contribution in [0.3, 0.4) is 0 Å². The normalized spacial score (nSPS) is 28.0. The topological polar surface area (TPSA) is 98.7 Å². The van der Waals surface area contributed by atoms with E-state index in [9.17, 15) is 20.4 Å². The van der Waals surface area contributed by atoms with Crippen molar-refractivity contribution in [2.75, 3.05) is 6.61 Å². The van der Waals surface area contributed by atoms with Crippen LogP contribution in [0.2, 0.25) is 0 Å². The lowest BCUT2D eigenvalue weighted by Gasteiger charge is -2.35. The molecule has 116 valence electrons. The Morgan fingerprint density at radius 3 is 2.45 bits per heavy atom. The first kappa shape index (κ1) is 14.9. The lowest BCUT2D eigenvalue weighted by atomic mass is 9.96. The quantitative estimate of drug-likeness (QED) is 0.656. The summed E-state index contributed by atoms with van der Waals surface area (Å²) in [6.07, 6.45) is 1.41. The highest BCUT2D eigenvalue weighted by atomic mass is 16.4. The summed E-state index contributed by atoms with van der Waals surface area (Å²) in [6, 6.07) is 8.96. The molecule has 2 heterocycles. The molecule has 0 radical (unpaired) electrons. The number of imidazole rings is 1. The van der Waals surface area contributed by atoms with E-state index in [0.29, 0.717) is 5.69 Å². The fourth-order valence-electron chi connectivity index (χ4n) is 2.67. The summed E-state index contributed by atoms with van der Waals surface area (Å²) in [5.41, 5.74) is 1.59. The molecule has 6 nitrogen and oxygen atoms in total. The lowest BCUT2D eigenvalue weighted by molar-refractivity contribution is -0.108. The molecule has 0 fully saturated rings. The molecule has 0 saturated heterocycles. The number of rotatable bonds is 3. The number of hydrogen-bond donors (Lipinski definition) is 4. The van der Waals surface area contributed by atoms with Crippen molar-refractivity contribution in [2.45, 2.75) is 24.4 Å². The summed E-state index contributed by atoms with van der Waals surface area (Å²) in [5, 5.41) is 39.2. The Morgan fingerprint density at radius 1 is 1.05 bits per heavy atom. The van der Waals surface area contributed by atoms with E-state index in [2.05, 4.69) is 4.98 Å². The molecule has 1 aliphatic rings. The molecule has 0 saturated carbocycles. The standard InChI is InChI=1S/C16H18N2O4/c19-9-12-13(20)14(21)15(22)16-17-11(8-18(12)16)7-6-10-4-2-1-3-5-10/h1-8,12-15,19-22H,9H2/b7-6+/t12-,13-,14+,15-/m1/s1. The summed E-state index contributed by atoms with van der Waals surface area (Å²) in [5.74, 6) is 0.240. The van der Waals surface area contributed by atoms with Crippen LogP contribution >= 0.6 is 0 Å². The minimum Gasteiger partial charge on any atom is -0.394 e. The summed E-state index contributed by atoms with van der Waals surface area (Å²) >= 11 is 0. The first-order valence-electron chi connectivity index (χ1n) is 7.09. The van der Waals surface area contributed by atoms with Gasteiger partial charge in [0, 0.05) is 6.20 Å². The van der Waals surface area contributed by atoms with Crippen molar-refractivity contribution in [3.8, 4) is 0 Å². The third-order valence-corrected chi connectivity index (χ3v) is 3.90. The molecular formula is C16H18N2O4. The van der Waals surface area contributed by atoms with Crippen LogP contribution in [0.15, 0.2) is 36.5 Å². The number of aliphatic hydroxyl groups excluding tert-OH is 4. The van der Waals surface area contributed by atoms with Crippen LogP contribution in [0, 0.1) is 0 Å². The second-order valence-corrected chi connectivity index (χ2v) is 5.35. The molecule has 1 aliphatic heterocycles. The van der Waals surface area contributed by atoms with Crippen molar-refractivity contribution >= 4 is 12.2 Å². The second-order valence-electron chi connectivity index (χ2n) is 5.35. The second kappa shape index (κ2) is 6.02. The summed E-state index contributed by atoms with van der Waals surface area (Å²) in [4.78, 5) is 4.27. The molecule has 3 rings (SSSR count). The molecule has 0 spiro atoms. The Kier molecular flexibility index (Phi) is 4.08. The molecule has 4 N–H and O–H groups in total. The molecule has 0 bridgehead atoms. The predicted molar refractivity (Wildman–Crippen MR) is 80.7 cm³/mol. The van der Waals surface area contributed by atoms with Gasteiger partial charge >= 0.3 is 0 Å².